The molecular formula is C36H34N2. The normalized spacial score (nSPS) is 11.8. The van der Waals surface area contributed by atoms with E-state index in [0.29, 0.717) is 11.8 Å². The van der Waals surface area contributed by atoms with Crippen LogP contribution in [0.2, 0.25) is 0 Å². The topological polar surface area (TPSA) is 38.0 Å². The van der Waals surface area contributed by atoms with Crippen molar-refractivity contribution in [2.24, 2.45) is 5.84 Å². The second kappa shape index (κ2) is 9.63. The maximum Gasteiger partial charge on any atom is 0.0570 e. The van der Waals surface area contributed by atoms with Crippen LogP contribution >= 0.6 is 0 Å². The lowest BCUT2D eigenvalue weighted by Crippen LogP contribution is -2.07. The molecule has 2 nitrogen and oxygen atoms in total. The number of hydrogen-bond acceptors (Lipinski definition) is 2. The van der Waals surface area contributed by atoms with E-state index in [2.05, 4.69) is 136 Å². The summed E-state index contributed by atoms with van der Waals surface area (Å²) < 4.78 is 0. The summed E-state index contributed by atoms with van der Waals surface area (Å²) in [5, 5.41) is 7.26. The Morgan fingerprint density at radius 1 is 0.500 bits per heavy atom. The summed E-state index contributed by atoms with van der Waals surface area (Å²) in [7, 11) is 0. The minimum Gasteiger partial charge on any atom is -0.323 e. The van der Waals surface area contributed by atoms with Gasteiger partial charge in [0.2, 0.25) is 0 Å². The van der Waals surface area contributed by atoms with Crippen molar-refractivity contribution in [3.63, 3.8) is 0 Å². The van der Waals surface area contributed by atoms with Crippen LogP contribution in [0, 0.1) is 0 Å². The van der Waals surface area contributed by atoms with Gasteiger partial charge in [-0.05, 0) is 78.2 Å². The van der Waals surface area contributed by atoms with E-state index in [9.17, 15) is 0 Å². The number of hydrogen-bond donors (Lipinski definition) is 2. The van der Waals surface area contributed by atoms with Crippen LogP contribution in [-0.4, -0.2) is 0 Å². The van der Waals surface area contributed by atoms with Gasteiger partial charge in [-0.2, -0.15) is 0 Å². The monoisotopic (exact) mass is 494 g/mol. The van der Waals surface area contributed by atoms with Crippen molar-refractivity contribution < 1.29 is 0 Å². The first-order chi connectivity index (χ1) is 18.5. The van der Waals surface area contributed by atoms with Crippen molar-refractivity contribution in [1.29, 1.82) is 0 Å². The fraction of sp³-hybridized carbons (Fsp3) is 0.167. The van der Waals surface area contributed by atoms with E-state index in [-0.39, 0.29) is 0 Å². The van der Waals surface area contributed by atoms with E-state index in [1.54, 1.807) is 0 Å². The smallest absolute Gasteiger partial charge is 0.0570 e. The molecule has 188 valence electrons. The van der Waals surface area contributed by atoms with Gasteiger partial charge in [0.1, 0.15) is 0 Å². The molecule has 0 saturated heterocycles. The van der Waals surface area contributed by atoms with Gasteiger partial charge >= 0.3 is 0 Å². The lowest BCUT2D eigenvalue weighted by Gasteiger charge is -2.18. The number of rotatable bonds is 5. The van der Waals surface area contributed by atoms with Gasteiger partial charge in [-0.3, -0.25) is 5.84 Å². The summed E-state index contributed by atoms with van der Waals surface area (Å²) >= 11 is 0. The van der Waals surface area contributed by atoms with Gasteiger partial charge < -0.3 is 5.43 Å². The van der Waals surface area contributed by atoms with Gasteiger partial charge in [-0.25, -0.2) is 0 Å². The number of benzene rings is 6. The SMILES string of the molecule is CC(C)c1ccc(-c2ccc3c(ccc4c5ccccc5c(NN)cc34)c2-c2ccc(C(C)C)cc2)cc1. The Bertz CT molecular complexity index is 1780. The molecule has 3 N–H and O–H groups in total. The largest absolute Gasteiger partial charge is 0.323 e. The molecule has 38 heavy (non-hydrogen) atoms. The Hall–Kier alpha value is -4.14. The number of anilines is 1. The van der Waals surface area contributed by atoms with Crippen LogP contribution in [0.5, 0.6) is 0 Å². The molecule has 6 aromatic rings. The number of nitrogens with one attached hydrogen (secondary N) is 1. The van der Waals surface area contributed by atoms with E-state index in [1.807, 2.05) is 0 Å². The van der Waals surface area contributed by atoms with E-state index >= 15 is 0 Å². The third-order valence-electron chi connectivity index (χ3n) is 7.95. The molecule has 0 radical (unpaired) electrons. The minimum absolute atomic E-state index is 0.499. The second-order valence-electron chi connectivity index (χ2n) is 10.9. The lowest BCUT2D eigenvalue weighted by atomic mass is 9.86. The molecule has 0 fully saturated rings. The Morgan fingerprint density at radius 3 is 1.61 bits per heavy atom. The number of hydrazine groups is 1. The Morgan fingerprint density at radius 2 is 1.00 bits per heavy atom. The molecule has 0 aliphatic rings. The zero-order chi connectivity index (χ0) is 26.4. The van der Waals surface area contributed by atoms with E-state index in [4.69, 9.17) is 5.84 Å². The van der Waals surface area contributed by atoms with Crippen molar-refractivity contribution in [1.82, 2.24) is 0 Å². The van der Waals surface area contributed by atoms with E-state index in [1.165, 1.54) is 60.3 Å². The van der Waals surface area contributed by atoms with Crippen LogP contribution in [0.15, 0.2) is 103 Å². The van der Waals surface area contributed by atoms with Crippen LogP contribution in [0.3, 0.4) is 0 Å². The van der Waals surface area contributed by atoms with Gasteiger partial charge in [0.25, 0.3) is 0 Å². The Labute approximate surface area is 225 Å². The molecule has 0 spiro atoms. The molecule has 0 aliphatic carbocycles. The number of fused-ring (bicyclic) bond motifs is 5. The summed E-state index contributed by atoms with van der Waals surface area (Å²) in [6.07, 6.45) is 0. The molecule has 0 aliphatic heterocycles. The van der Waals surface area contributed by atoms with Gasteiger partial charge in [-0.15, -0.1) is 0 Å². The standard InChI is InChI=1S/C36H34N2/c1-22(2)24-9-13-26(14-10-24)28-17-18-31-33(36(28)27-15-11-25(12-16-27)23(3)4)20-19-30-29-7-5-6-8-32(29)35(38-37)21-34(30)31/h5-23,38H,37H2,1-4H3. The highest BCUT2D eigenvalue weighted by molar-refractivity contribution is 6.23. The van der Waals surface area contributed by atoms with Gasteiger partial charge in [0.15, 0.2) is 0 Å². The molecule has 0 amide bonds. The summed E-state index contributed by atoms with van der Waals surface area (Å²) in [6, 6.07) is 38.0. The van der Waals surface area contributed by atoms with Crippen molar-refractivity contribution >= 4 is 38.0 Å². The molecule has 0 atom stereocenters. The highest BCUT2D eigenvalue weighted by Crippen LogP contribution is 2.43. The highest BCUT2D eigenvalue weighted by Gasteiger charge is 2.16. The van der Waals surface area contributed by atoms with Crippen LogP contribution < -0.4 is 11.3 Å². The van der Waals surface area contributed by atoms with Crippen molar-refractivity contribution in [2.75, 3.05) is 5.43 Å². The summed E-state index contributed by atoms with van der Waals surface area (Å²) in [5.74, 6) is 7.00. The zero-order valence-electron chi connectivity index (χ0n) is 22.5. The quantitative estimate of drug-likeness (QED) is 0.142. The van der Waals surface area contributed by atoms with Crippen LogP contribution in [0.4, 0.5) is 5.69 Å². The summed E-state index contributed by atoms with van der Waals surface area (Å²) in [5.41, 5.74) is 11.6. The van der Waals surface area contributed by atoms with Crippen molar-refractivity contribution in [2.45, 2.75) is 39.5 Å². The fourth-order valence-corrected chi connectivity index (χ4v) is 5.75. The maximum absolute atomic E-state index is 5.99. The average Bonchev–Trinajstić information content (AvgIpc) is 2.96. The van der Waals surface area contributed by atoms with Crippen molar-refractivity contribution in [3.8, 4) is 22.3 Å². The summed E-state index contributed by atoms with van der Waals surface area (Å²) in [4.78, 5) is 0. The maximum atomic E-state index is 5.99. The van der Waals surface area contributed by atoms with Crippen LogP contribution in [-0.2, 0) is 0 Å². The third-order valence-corrected chi connectivity index (χ3v) is 7.95. The molecule has 0 bridgehead atoms. The number of nitrogens with two attached hydrogens (primary N) is 1. The van der Waals surface area contributed by atoms with E-state index in [0.717, 1.165) is 11.1 Å². The Kier molecular flexibility index (Phi) is 6.13. The third kappa shape index (κ3) is 4.02. The minimum atomic E-state index is 0.499. The molecule has 6 aromatic carbocycles. The molecule has 0 heterocycles. The van der Waals surface area contributed by atoms with Gasteiger partial charge in [0.05, 0.1) is 5.69 Å². The predicted molar refractivity (Wildman–Crippen MR) is 166 cm³/mol. The zero-order valence-corrected chi connectivity index (χ0v) is 22.5. The fourth-order valence-electron chi connectivity index (χ4n) is 5.75. The first-order valence-electron chi connectivity index (χ1n) is 13.5. The predicted octanol–water partition coefficient (Wildman–Crippen LogP) is 10.0. The van der Waals surface area contributed by atoms with E-state index < -0.39 is 0 Å². The van der Waals surface area contributed by atoms with Crippen molar-refractivity contribution in [3.05, 3.63) is 114 Å². The Balaban J connectivity index is 1.68. The molecule has 0 saturated carbocycles. The molecule has 0 aromatic heterocycles. The molecule has 2 heteroatoms. The van der Waals surface area contributed by atoms with Crippen LogP contribution in [0.25, 0.3) is 54.6 Å². The number of nitrogen functional groups attached to an aromatic ring is 1. The highest BCUT2D eigenvalue weighted by atomic mass is 15.2. The molecule has 0 unspecified atom stereocenters. The lowest BCUT2D eigenvalue weighted by molar-refractivity contribution is 0.867. The second-order valence-corrected chi connectivity index (χ2v) is 10.9. The molecular weight excluding hydrogens is 460 g/mol. The van der Waals surface area contributed by atoms with Crippen LogP contribution in [0.1, 0.15) is 50.7 Å². The molecule has 6 rings (SSSR count). The van der Waals surface area contributed by atoms with Gasteiger partial charge in [-0.1, -0.05) is 125 Å². The summed E-state index contributed by atoms with van der Waals surface area (Å²) in [6.45, 7) is 8.97. The first-order valence-corrected chi connectivity index (χ1v) is 13.5. The first kappa shape index (κ1) is 24.2. The van der Waals surface area contributed by atoms with Gasteiger partial charge in [0, 0.05) is 5.39 Å². The average molecular weight is 495 g/mol.